The molecule has 1 aliphatic heterocycles. The highest BCUT2D eigenvalue weighted by molar-refractivity contribution is 5.85. The van der Waals surface area contributed by atoms with E-state index in [1.54, 1.807) is 17.1 Å². The predicted octanol–water partition coefficient (Wildman–Crippen LogP) is 4.42. The number of hydrogen-bond donors (Lipinski definition) is 2. The summed E-state index contributed by atoms with van der Waals surface area (Å²) in [6.45, 7) is 1.47. The summed E-state index contributed by atoms with van der Waals surface area (Å²) >= 11 is 0. The van der Waals surface area contributed by atoms with Gasteiger partial charge in [0.25, 0.3) is 0 Å². The summed E-state index contributed by atoms with van der Waals surface area (Å²) in [6, 6.07) is 16.8. The number of fused-ring (bicyclic) bond motifs is 3. The van der Waals surface area contributed by atoms with Crippen LogP contribution in [0.4, 0.5) is 5.69 Å². The fourth-order valence-corrected chi connectivity index (χ4v) is 4.81. The zero-order chi connectivity index (χ0) is 25.2. The third-order valence-corrected chi connectivity index (χ3v) is 6.63. The van der Waals surface area contributed by atoms with Crippen molar-refractivity contribution in [2.45, 2.75) is 31.7 Å². The minimum atomic E-state index is -0.941. The van der Waals surface area contributed by atoms with Crippen molar-refractivity contribution >= 4 is 33.6 Å². The largest absolute Gasteiger partial charge is 0.492 e. The zero-order valence-corrected chi connectivity index (χ0v) is 20.2. The molecular weight excluding hydrogens is 468 g/mol. The second-order valence-electron chi connectivity index (χ2n) is 9.10. The van der Waals surface area contributed by atoms with Crippen molar-refractivity contribution in [3.05, 3.63) is 84.1 Å². The SMILES string of the molecule is O=C(O)CC(c1cnc2ccccc2n1)n1ncc2c(OCCc3ccc4c(n3)CCCN4)cccc21. The number of anilines is 1. The van der Waals surface area contributed by atoms with Gasteiger partial charge in [0.05, 0.1) is 64.4 Å². The van der Waals surface area contributed by atoms with Gasteiger partial charge in [0.2, 0.25) is 0 Å². The van der Waals surface area contributed by atoms with E-state index in [0.29, 0.717) is 30.0 Å². The topological polar surface area (TPSA) is 115 Å². The fraction of sp³-hybridized carbons (Fsp3) is 0.250. The van der Waals surface area contributed by atoms with Crippen LogP contribution in [0.15, 0.2) is 67.0 Å². The second-order valence-corrected chi connectivity index (χ2v) is 9.10. The molecule has 5 aromatic rings. The molecule has 3 aromatic heterocycles. The van der Waals surface area contributed by atoms with Crippen LogP contribution in [0, 0.1) is 0 Å². The Morgan fingerprint density at radius 2 is 1.95 bits per heavy atom. The predicted molar refractivity (Wildman–Crippen MR) is 140 cm³/mol. The number of aryl methyl sites for hydroxylation is 1. The number of pyridine rings is 1. The van der Waals surface area contributed by atoms with Crippen LogP contribution in [0.1, 0.15) is 36.0 Å². The quantitative estimate of drug-likeness (QED) is 0.326. The van der Waals surface area contributed by atoms with Crippen LogP contribution in [-0.2, 0) is 17.6 Å². The number of para-hydroxylation sites is 2. The van der Waals surface area contributed by atoms with Crippen molar-refractivity contribution in [2.75, 3.05) is 18.5 Å². The molecule has 9 heteroatoms. The maximum atomic E-state index is 11.8. The molecule has 0 amide bonds. The highest BCUT2D eigenvalue weighted by Gasteiger charge is 2.23. The number of rotatable bonds is 8. The molecule has 1 aliphatic rings. The summed E-state index contributed by atoms with van der Waals surface area (Å²) in [4.78, 5) is 25.8. The zero-order valence-electron chi connectivity index (χ0n) is 20.2. The number of carboxylic acid groups (broad SMARTS) is 1. The molecule has 0 saturated heterocycles. The second kappa shape index (κ2) is 9.85. The number of hydrogen-bond acceptors (Lipinski definition) is 7. The monoisotopic (exact) mass is 494 g/mol. The van der Waals surface area contributed by atoms with Gasteiger partial charge >= 0.3 is 5.97 Å². The van der Waals surface area contributed by atoms with E-state index in [2.05, 4.69) is 21.5 Å². The lowest BCUT2D eigenvalue weighted by Gasteiger charge is -2.18. The van der Waals surface area contributed by atoms with Crippen molar-refractivity contribution in [1.29, 1.82) is 0 Å². The van der Waals surface area contributed by atoms with E-state index in [0.717, 1.165) is 52.9 Å². The molecule has 0 radical (unpaired) electrons. The van der Waals surface area contributed by atoms with Gasteiger partial charge in [0.15, 0.2) is 0 Å². The van der Waals surface area contributed by atoms with E-state index in [-0.39, 0.29) is 6.42 Å². The molecule has 37 heavy (non-hydrogen) atoms. The van der Waals surface area contributed by atoms with E-state index in [9.17, 15) is 9.90 Å². The average molecular weight is 495 g/mol. The molecule has 186 valence electrons. The Kier molecular flexibility index (Phi) is 6.10. The Hall–Kier alpha value is -4.53. The first-order valence-corrected chi connectivity index (χ1v) is 12.4. The van der Waals surface area contributed by atoms with Gasteiger partial charge in [0.1, 0.15) is 11.8 Å². The van der Waals surface area contributed by atoms with Gasteiger partial charge in [-0.1, -0.05) is 18.2 Å². The molecule has 0 spiro atoms. The molecule has 0 fully saturated rings. The van der Waals surface area contributed by atoms with E-state index in [4.69, 9.17) is 14.7 Å². The van der Waals surface area contributed by atoms with Gasteiger partial charge < -0.3 is 15.2 Å². The molecule has 1 unspecified atom stereocenters. The molecule has 1 atom stereocenters. The van der Waals surface area contributed by atoms with Crippen molar-refractivity contribution < 1.29 is 14.6 Å². The van der Waals surface area contributed by atoms with Gasteiger partial charge in [-0.15, -0.1) is 0 Å². The molecule has 9 nitrogen and oxygen atoms in total. The van der Waals surface area contributed by atoms with Crippen LogP contribution in [0.2, 0.25) is 0 Å². The summed E-state index contributed by atoms with van der Waals surface area (Å²) in [7, 11) is 0. The molecule has 0 saturated carbocycles. The van der Waals surface area contributed by atoms with E-state index in [1.165, 1.54) is 0 Å². The lowest BCUT2D eigenvalue weighted by molar-refractivity contribution is -0.137. The third-order valence-electron chi connectivity index (χ3n) is 6.63. The van der Waals surface area contributed by atoms with E-state index in [1.807, 2.05) is 48.5 Å². The number of nitrogens with zero attached hydrogens (tertiary/aromatic N) is 5. The maximum absolute atomic E-state index is 11.8. The number of ether oxygens (including phenoxy) is 1. The van der Waals surface area contributed by atoms with Crippen LogP contribution in [0.3, 0.4) is 0 Å². The third kappa shape index (κ3) is 4.67. The molecule has 6 rings (SSSR count). The smallest absolute Gasteiger partial charge is 0.305 e. The standard InChI is InChI=1S/C28H26N6O3/c35-28(36)15-26(24-17-30-20-5-1-2-6-23(20)33-24)34-25-8-3-9-27(19(25)16-31-34)37-14-12-18-10-11-21-22(32-18)7-4-13-29-21/h1-3,5-6,8-11,16-17,26,29H,4,7,12-15H2,(H,35,36). The molecule has 4 heterocycles. The summed E-state index contributed by atoms with van der Waals surface area (Å²) in [5.41, 5.74) is 6.03. The van der Waals surface area contributed by atoms with Gasteiger partial charge in [-0.25, -0.2) is 4.98 Å². The van der Waals surface area contributed by atoms with Crippen molar-refractivity contribution in [1.82, 2.24) is 24.7 Å². The van der Waals surface area contributed by atoms with Gasteiger partial charge in [0, 0.05) is 18.7 Å². The Balaban J connectivity index is 1.26. The lowest BCUT2D eigenvalue weighted by atomic mass is 10.1. The van der Waals surface area contributed by atoms with E-state index >= 15 is 0 Å². The summed E-state index contributed by atoms with van der Waals surface area (Å²) < 4.78 is 7.85. The first-order valence-electron chi connectivity index (χ1n) is 12.4. The highest BCUT2D eigenvalue weighted by atomic mass is 16.5. The Labute approximate surface area is 213 Å². The molecular formula is C28H26N6O3. The Morgan fingerprint density at radius 3 is 2.84 bits per heavy atom. The van der Waals surface area contributed by atoms with Gasteiger partial charge in [-0.3, -0.25) is 19.4 Å². The van der Waals surface area contributed by atoms with Crippen molar-refractivity contribution in [3.8, 4) is 5.75 Å². The summed E-state index contributed by atoms with van der Waals surface area (Å²) in [6.07, 6.45) is 5.95. The molecule has 0 aliphatic carbocycles. The number of nitrogens with one attached hydrogen (secondary N) is 1. The summed E-state index contributed by atoms with van der Waals surface area (Å²) in [5.74, 6) is -0.245. The minimum absolute atomic E-state index is 0.173. The maximum Gasteiger partial charge on any atom is 0.305 e. The normalized spacial score (nSPS) is 13.7. The lowest BCUT2D eigenvalue weighted by Crippen LogP contribution is -2.18. The average Bonchev–Trinajstić information content (AvgIpc) is 3.36. The first kappa shape index (κ1) is 22.9. The van der Waals surface area contributed by atoms with Crippen LogP contribution >= 0.6 is 0 Å². The fourth-order valence-electron chi connectivity index (χ4n) is 4.81. The van der Waals surface area contributed by atoms with Crippen LogP contribution < -0.4 is 10.1 Å². The van der Waals surface area contributed by atoms with Gasteiger partial charge in [-0.05, 0) is 49.2 Å². The molecule has 0 bridgehead atoms. The van der Waals surface area contributed by atoms with Crippen LogP contribution in [-0.4, -0.2) is 49.0 Å². The summed E-state index contributed by atoms with van der Waals surface area (Å²) in [5, 5.41) is 18.4. The number of benzene rings is 2. The number of carbonyl (C=O) groups is 1. The Bertz CT molecular complexity index is 1600. The van der Waals surface area contributed by atoms with Crippen molar-refractivity contribution in [3.63, 3.8) is 0 Å². The number of aliphatic carboxylic acids is 1. The number of carboxylic acids is 1. The first-order chi connectivity index (χ1) is 18.2. The molecule has 2 aromatic carbocycles. The van der Waals surface area contributed by atoms with Crippen LogP contribution in [0.5, 0.6) is 5.75 Å². The highest BCUT2D eigenvalue weighted by Crippen LogP contribution is 2.31. The van der Waals surface area contributed by atoms with Crippen molar-refractivity contribution in [2.24, 2.45) is 0 Å². The minimum Gasteiger partial charge on any atom is -0.492 e. The number of aromatic nitrogens is 5. The molecule has 2 N–H and O–H groups in total. The Morgan fingerprint density at radius 1 is 1.05 bits per heavy atom. The van der Waals surface area contributed by atoms with E-state index < -0.39 is 12.0 Å². The van der Waals surface area contributed by atoms with Crippen LogP contribution in [0.25, 0.3) is 21.9 Å². The van der Waals surface area contributed by atoms with Gasteiger partial charge in [-0.2, -0.15) is 5.10 Å².